The van der Waals surface area contributed by atoms with Crippen LogP contribution in [-0.4, -0.2) is 43.2 Å². The first kappa shape index (κ1) is 19.8. The van der Waals surface area contributed by atoms with E-state index < -0.39 is 0 Å². The first-order valence-corrected chi connectivity index (χ1v) is 10.1. The van der Waals surface area contributed by atoms with Gasteiger partial charge in [-0.25, -0.2) is 15.2 Å². The van der Waals surface area contributed by atoms with Crippen molar-refractivity contribution in [2.45, 2.75) is 37.5 Å². The molecule has 0 saturated carbocycles. The van der Waals surface area contributed by atoms with Gasteiger partial charge in [-0.1, -0.05) is 12.1 Å². The van der Waals surface area contributed by atoms with Gasteiger partial charge in [0.15, 0.2) is 0 Å². The van der Waals surface area contributed by atoms with E-state index in [9.17, 15) is 9.18 Å². The summed E-state index contributed by atoms with van der Waals surface area (Å²) in [7, 11) is 1.61. The molecule has 154 valence electrons. The number of piperidine rings is 1. The van der Waals surface area contributed by atoms with Gasteiger partial charge < -0.3 is 10.1 Å². The second-order valence-corrected chi connectivity index (χ2v) is 7.66. The Bertz CT molecular complexity index is 820. The Morgan fingerprint density at radius 2 is 1.76 bits per heavy atom. The van der Waals surface area contributed by atoms with E-state index >= 15 is 0 Å². The van der Waals surface area contributed by atoms with Crippen molar-refractivity contribution in [1.29, 1.82) is 0 Å². The lowest BCUT2D eigenvalue weighted by atomic mass is 10.0. The summed E-state index contributed by atoms with van der Waals surface area (Å²) >= 11 is 0. The van der Waals surface area contributed by atoms with Crippen LogP contribution in [0.3, 0.4) is 0 Å². The fourth-order valence-corrected chi connectivity index (χ4v) is 4.06. The fraction of sp³-hybridized carbons (Fsp3) is 0.409. The molecule has 1 amide bonds. The van der Waals surface area contributed by atoms with Gasteiger partial charge in [0.25, 0.3) is 5.91 Å². The minimum Gasteiger partial charge on any atom is -0.497 e. The van der Waals surface area contributed by atoms with Gasteiger partial charge in [0.05, 0.1) is 13.3 Å². The molecule has 2 aromatic rings. The molecule has 6 nitrogen and oxygen atoms in total. The summed E-state index contributed by atoms with van der Waals surface area (Å²) in [6, 6.07) is 14.2. The molecule has 0 radical (unpaired) electrons. The van der Waals surface area contributed by atoms with Crippen LogP contribution in [0.4, 0.5) is 4.39 Å². The highest BCUT2D eigenvalue weighted by atomic mass is 19.1. The zero-order chi connectivity index (χ0) is 20.2. The number of rotatable bonds is 5. The Labute approximate surface area is 170 Å². The number of carbonyl (C=O) groups is 1. The van der Waals surface area contributed by atoms with Crippen molar-refractivity contribution in [2.24, 2.45) is 0 Å². The van der Waals surface area contributed by atoms with E-state index in [4.69, 9.17) is 4.74 Å². The highest BCUT2D eigenvalue weighted by molar-refractivity contribution is 5.94. The summed E-state index contributed by atoms with van der Waals surface area (Å²) in [5.74, 6) is 0.490. The SMILES string of the molecule is COc1ccc(C(=O)NC2CCN(C3CC(c4ccc(F)cc4)NN3)CC2)cc1. The summed E-state index contributed by atoms with van der Waals surface area (Å²) in [5.41, 5.74) is 8.42. The third-order valence-corrected chi connectivity index (χ3v) is 5.81. The van der Waals surface area contributed by atoms with E-state index in [2.05, 4.69) is 21.1 Å². The smallest absolute Gasteiger partial charge is 0.251 e. The number of carbonyl (C=O) groups excluding carboxylic acids is 1. The van der Waals surface area contributed by atoms with Gasteiger partial charge in [0.1, 0.15) is 11.6 Å². The number of methoxy groups -OCH3 is 1. The third-order valence-electron chi connectivity index (χ3n) is 5.81. The molecule has 0 aliphatic carbocycles. The van der Waals surface area contributed by atoms with Crippen molar-refractivity contribution < 1.29 is 13.9 Å². The average molecular weight is 398 g/mol. The maximum absolute atomic E-state index is 13.1. The van der Waals surface area contributed by atoms with Crippen molar-refractivity contribution in [2.75, 3.05) is 20.2 Å². The molecule has 0 aromatic heterocycles. The zero-order valence-electron chi connectivity index (χ0n) is 16.5. The highest BCUT2D eigenvalue weighted by Crippen LogP contribution is 2.26. The monoisotopic (exact) mass is 398 g/mol. The van der Waals surface area contributed by atoms with Gasteiger partial charge in [0.2, 0.25) is 0 Å². The van der Waals surface area contributed by atoms with Crippen LogP contribution in [0.1, 0.15) is 41.2 Å². The van der Waals surface area contributed by atoms with E-state index in [-0.39, 0.29) is 30.0 Å². The van der Waals surface area contributed by atoms with Gasteiger partial charge in [0, 0.05) is 30.7 Å². The maximum atomic E-state index is 13.1. The molecule has 2 aromatic carbocycles. The molecule has 2 atom stereocenters. The number of likely N-dealkylation sites (tertiary alicyclic amines) is 1. The van der Waals surface area contributed by atoms with Crippen molar-refractivity contribution in [3.05, 3.63) is 65.5 Å². The molecule has 7 heteroatoms. The predicted octanol–water partition coefficient (Wildman–Crippen LogP) is 2.59. The number of hydrogen-bond acceptors (Lipinski definition) is 5. The second-order valence-electron chi connectivity index (χ2n) is 7.66. The van der Waals surface area contributed by atoms with Gasteiger partial charge in [-0.05, 0) is 61.2 Å². The number of hydrazine groups is 1. The van der Waals surface area contributed by atoms with Crippen LogP contribution in [0, 0.1) is 5.82 Å². The van der Waals surface area contributed by atoms with Crippen LogP contribution >= 0.6 is 0 Å². The molecule has 2 unspecified atom stereocenters. The molecule has 4 rings (SSSR count). The molecule has 2 saturated heterocycles. The van der Waals surface area contributed by atoms with Gasteiger partial charge >= 0.3 is 0 Å². The first-order chi connectivity index (χ1) is 14.1. The topological polar surface area (TPSA) is 65.6 Å². The van der Waals surface area contributed by atoms with Gasteiger partial charge in [-0.3, -0.25) is 9.69 Å². The normalized spacial score (nSPS) is 23.1. The molecule has 3 N–H and O–H groups in total. The predicted molar refractivity (Wildman–Crippen MR) is 109 cm³/mol. The maximum Gasteiger partial charge on any atom is 0.251 e. The number of benzene rings is 2. The molecule has 2 heterocycles. The largest absolute Gasteiger partial charge is 0.497 e. The lowest BCUT2D eigenvalue weighted by Crippen LogP contribution is -2.51. The van der Waals surface area contributed by atoms with Crippen LogP contribution in [-0.2, 0) is 0 Å². The quantitative estimate of drug-likeness (QED) is 0.723. The molecule has 29 heavy (non-hydrogen) atoms. The number of halogens is 1. The molecular formula is C22H27FN4O2. The van der Waals surface area contributed by atoms with Crippen LogP contribution in [0.25, 0.3) is 0 Å². The second kappa shape index (κ2) is 8.90. The third kappa shape index (κ3) is 4.75. The Kier molecular flexibility index (Phi) is 6.08. The van der Waals surface area contributed by atoms with Crippen LogP contribution in [0.2, 0.25) is 0 Å². The van der Waals surface area contributed by atoms with Crippen LogP contribution in [0.5, 0.6) is 5.75 Å². The van der Waals surface area contributed by atoms with Crippen molar-refractivity contribution in [1.82, 2.24) is 21.1 Å². The highest BCUT2D eigenvalue weighted by Gasteiger charge is 2.32. The molecule has 2 aliphatic rings. The summed E-state index contributed by atoms with van der Waals surface area (Å²) in [5, 5.41) is 3.15. The van der Waals surface area contributed by atoms with Crippen LogP contribution in [0.15, 0.2) is 48.5 Å². The lowest BCUT2D eigenvalue weighted by molar-refractivity contribution is 0.0880. The van der Waals surface area contributed by atoms with E-state index in [1.165, 1.54) is 12.1 Å². The Morgan fingerprint density at radius 1 is 1.07 bits per heavy atom. The van der Waals surface area contributed by atoms with Crippen molar-refractivity contribution in [3.8, 4) is 5.75 Å². The Morgan fingerprint density at radius 3 is 2.41 bits per heavy atom. The molecule has 2 fully saturated rings. The molecular weight excluding hydrogens is 371 g/mol. The van der Waals surface area contributed by atoms with Gasteiger partial charge in [-0.15, -0.1) is 0 Å². The minimum atomic E-state index is -0.213. The standard InChI is InChI=1S/C22H27FN4O2/c1-29-19-8-4-16(5-9-19)22(28)24-18-10-12-27(13-11-18)21-14-20(25-26-21)15-2-6-17(23)7-3-15/h2-9,18,20-21,25-26H,10-14H2,1H3,(H,24,28). The van der Waals surface area contributed by atoms with Crippen molar-refractivity contribution in [3.63, 3.8) is 0 Å². The lowest BCUT2D eigenvalue weighted by Gasteiger charge is -2.35. The van der Waals surface area contributed by atoms with Crippen molar-refractivity contribution >= 4 is 5.91 Å². The van der Waals surface area contributed by atoms with Gasteiger partial charge in [-0.2, -0.15) is 0 Å². The first-order valence-electron chi connectivity index (χ1n) is 10.1. The Hall–Kier alpha value is -2.48. The van der Waals surface area contributed by atoms with E-state index in [1.807, 2.05) is 12.1 Å². The zero-order valence-corrected chi connectivity index (χ0v) is 16.5. The number of amides is 1. The van der Waals surface area contributed by atoms with E-state index in [0.717, 1.165) is 43.7 Å². The summed E-state index contributed by atoms with van der Waals surface area (Å²) in [6.45, 7) is 1.84. The number of ether oxygens (including phenoxy) is 1. The molecule has 2 aliphatic heterocycles. The Balaban J connectivity index is 1.25. The molecule has 0 bridgehead atoms. The van der Waals surface area contributed by atoms with E-state index in [1.54, 1.807) is 31.4 Å². The average Bonchev–Trinajstić information content (AvgIpc) is 3.25. The van der Waals surface area contributed by atoms with Crippen LogP contribution < -0.4 is 20.9 Å². The molecule has 0 spiro atoms. The fourth-order valence-electron chi connectivity index (χ4n) is 4.06. The summed E-state index contributed by atoms with van der Waals surface area (Å²) in [4.78, 5) is 14.9. The number of nitrogens with one attached hydrogen (secondary N) is 3. The summed E-state index contributed by atoms with van der Waals surface area (Å²) < 4.78 is 18.3. The van der Waals surface area contributed by atoms with E-state index in [0.29, 0.717) is 5.56 Å². The minimum absolute atomic E-state index is 0.0388. The number of hydrogen-bond donors (Lipinski definition) is 3. The number of nitrogens with zero attached hydrogens (tertiary/aromatic N) is 1. The summed E-state index contributed by atoms with van der Waals surface area (Å²) in [6.07, 6.45) is 3.00.